The second kappa shape index (κ2) is 7.07. The molecule has 3 aromatic rings. The molecule has 1 aliphatic heterocycles. The van der Waals surface area contributed by atoms with Crippen molar-refractivity contribution in [3.05, 3.63) is 71.9 Å². The number of para-hydroxylation sites is 1. The molecule has 6 heteroatoms. The lowest BCUT2D eigenvalue weighted by atomic mass is 10.1. The standard InChI is InChI=1S/C21H19N3O3/c1-14-11-16-9-5-6-10-19(16)24(14)20(25)13-27-21(26)18-12-17(22-23-18)15-7-3-2-4-8-15/h2-10,12,14H,11,13H2,1H3,(H,22,23)/t14-/m1/s1. The van der Waals surface area contributed by atoms with Crippen molar-refractivity contribution in [3.63, 3.8) is 0 Å². The van der Waals surface area contributed by atoms with Gasteiger partial charge in [-0.05, 0) is 31.0 Å². The minimum atomic E-state index is -0.599. The fourth-order valence-corrected chi connectivity index (χ4v) is 3.40. The maximum Gasteiger partial charge on any atom is 0.356 e. The number of rotatable bonds is 4. The van der Waals surface area contributed by atoms with Gasteiger partial charge in [-0.15, -0.1) is 0 Å². The molecule has 0 aliphatic carbocycles. The number of aromatic nitrogens is 2. The average molecular weight is 361 g/mol. The highest BCUT2D eigenvalue weighted by Crippen LogP contribution is 2.31. The summed E-state index contributed by atoms with van der Waals surface area (Å²) in [6.45, 7) is 1.68. The first-order valence-corrected chi connectivity index (χ1v) is 8.81. The van der Waals surface area contributed by atoms with Gasteiger partial charge in [0.25, 0.3) is 5.91 Å². The Kier molecular flexibility index (Phi) is 4.46. The molecule has 2 aromatic carbocycles. The Labute approximate surface area is 156 Å². The van der Waals surface area contributed by atoms with E-state index in [0.29, 0.717) is 5.69 Å². The number of ether oxygens (including phenoxy) is 1. The molecule has 1 amide bonds. The van der Waals surface area contributed by atoms with E-state index in [0.717, 1.165) is 23.2 Å². The predicted octanol–water partition coefficient (Wildman–Crippen LogP) is 3.21. The SMILES string of the molecule is C[C@@H]1Cc2ccccc2N1C(=O)COC(=O)c1cc(-c2ccccc2)n[nH]1. The fraction of sp³-hybridized carbons (Fsp3) is 0.190. The van der Waals surface area contributed by atoms with E-state index in [-0.39, 0.29) is 24.2 Å². The Hall–Kier alpha value is -3.41. The van der Waals surface area contributed by atoms with Crippen LogP contribution in [0.15, 0.2) is 60.7 Å². The monoisotopic (exact) mass is 361 g/mol. The van der Waals surface area contributed by atoms with E-state index < -0.39 is 5.97 Å². The maximum atomic E-state index is 12.6. The van der Waals surface area contributed by atoms with Gasteiger partial charge in [0.2, 0.25) is 0 Å². The zero-order valence-electron chi connectivity index (χ0n) is 14.9. The van der Waals surface area contributed by atoms with E-state index in [1.807, 2.05) is 61.5 Å². The molecule has 0 unspecified atom stereocenters. The molecule has 0 spiro atoms. The lowest BCUT2D eigenvalue weighted by molar-refractivity contribution is -0.122. The third-order valence-electron chi connectivity index (χ3n) is 4.67. The molecule has 4 rings (SSSR count). The van der Waals surface area contributed by atoms with E-state index in [4.69, 9.17) is 4.74 Å². The number of benzene rings is 2. The van der Waals surface area contributed by atoms with Crippen LogP contribution in [-0.2, 0) is 16.0 Å². The van der Waals surface area contributed by atoms with Gasteiger partial charge in [0.15, 0.2) is 6.61 Å². The third-order valence-corrected chi connectivity index (χ3v) is 4.67. The van der Waals surface area contributed by atoms with E-state index >= 15 is 0 Å². The Balaban J connectivity index is 1.41. The van der Waals surface area contributed by atoms with Crippen LogP contribution in [0, 0.1) is 0 Å². The summed E-state index contributed by atoms with van der Waals surface area (Å²) in [5.74, 6) is -0.832. The van der Waals surface area contributed by atoms with E-state index in [9.17, 15) is 9.59 Å². The van der Waals surface area contributed by atoms with Crippen molar-refractivity contribution in [1.82, 2.24) is 10.2 Å². The number of hydrogen-bond acceptors (Lipinski definition) is 4. The molecular formula is C21H19N3O3. The highest BCUT2D eigenvalue weighted by atomic mass is 16.5. The quantitative estimate of drug-likeness (QED) is 0.724. The molecular weight excluding hydrogens is 342 g/mol. The molecule has 6 nitrogen and oxygen atoms in total. The second-order valence-corrected chi connectivity index (χ2v) is 6.55. The number of nitrogens with one attached hydrogen (secondary N) is 1. The van der Waals surface area contributed by atoms with Crippen LogP contribution in [-0.4, -0.2) is 34.7 Å². The Morgan fingerprint density at radius 1 is 1.15 bits per heavy atom. The number of aromatic amines is 1. The lowest BCUT2D eigenvalue weighted by Gasteiger charge is -2.22. The molecule has 1 N–H and O–H groups in total. The van der Waals surface area contributed by atoms with E-state index in [1.165, 1.54) is 0 Å². The molecule has 2 heterocycles. The second-order valence-electron chi connectivity index (χ2n) is 6.55. The van der Waals surface area contributed by atoms with Gasteiger partial charge in [-0.3, -0.25) is 9.89 Å². The summed E-state index contributed by atoms with van der Waals surface area (Å²) in [7, 11) is 0. The number of carbonyl (C=O) groups is 2. The summed E-state index contributed by atoms with van der Waals surface area (Å²) in [5.41, 5.74) is 3.78. The molecule has 0 saturated heterocycles. The van der Waals surface area contributed by atoms with Gasteiger partial charge in [-0.2, -0.15) is 5.10 Å². The number of anilines is 1. The smallest absolute Gasteiger partial charge is 0.356 e. The molecule has 1 aliphatic rings. The molecule has 0 radical (unpaired) electrons. The van der Waals surface area contributed by atoms with Crippen LogP contribution in [0.5, 0.6) is 0 Å². The van der Waals surface area contributed by atoms with Gasteiger partial charge in [0.05, 0.1) is 5.69 Å². The van der Waals surface area contributed by atoms with Gasteiger partial charge in [-0.25, -0.2) is 4.79 Å². The zero-order chi connectivity index (χ0) is 18.8. The lowest BCUT2D eigenvalue weighted by Crippen LogP contribution is -2.38. The van der Waals surface area contributed by atoms with Gasteiger partial charge >= 0.3 is 5.97 Å². The topological polar surface area (TPSA) is 75.3 Å². The molecule has 1 aromatic heterocycles. The zero-order valence-corrected chi connectivity index (χ0v) is 14.9. The summed E-state index contributed by atoms with van der Waals surface area (Å²) < 4.78 is 5.21. The highest BCUT2D eigenvalue weighted by Gasteiger charge is 2.31. The van der Waals surface area contributed by atoms with Gasteiger partial charge < -0.3 is 9.64 Å². The van der Waals surface area contributed by atoms with Crippen LogP contribution in [0.25, 0.3) is 11.3 Å². The van der Waals surface area contributed by atoms with Crippen molar-refractivity contribution in [2.45, 2.75) is 19.4 Å². The summed E-state index contributed by atoms with van der Waals surface area (Å²) in [6, 6.07) is 19.0. The highest BCUT2D eigenvalue weighted by molar-refractivity contribution is 5.99. The minimum absolute atomic E-state index is 0.0467. The average Bonchev–Trinajstić information content (AvgIpc) is 3.30. The van der Waals surface area contributed by atoms with Gasteiger partial charge in [0, 0.05) is 17.3 Å². The van der Waals surface area contributed by atoms with Crippen LogP contribution in [0.1, 0.15) is 23.0 Å². The predicted molar refractivity (Wildman–Crippen MR) is 101 cm³/mol. The number of H-pyrrole nitrogens is 1. The summed E-state index contributed by atoms with van der Waals surface area (Å²) in [4.78, 5) is 26.6. The Morgan fingerprint density at radius 3 is 2.70 bits per heavy atom. The van der Waals surface area contributed by atoms with Gasteiger partial charge in [-0.1, -0.05) is 48.5 Å². The number of nitrogens with zero attached hydrogens (tertiary/aromatic N) is 2. The maximum absolute atomic E-state index is 12.6. The number of fused-ring (bicyclic) bond motifs is 1. The largest absolute Gasteiger partial charge is 0.451 e. The molecule has 1 atom stereocenters. The molecule has 0 bridgehead atoms. The van der Waals surface area contributed by atoms with Crippen LogP contribution in [0.3, 0.4) is 0 Å². The first-order valence-electron chi connectivity index (χ1n) is 8.81. The Morgan fingerprint density at radius 2 is 1.89 bits per heavy atom. The van der Waals surface area contributed by atoms with Gasteiger partial charge in [0.1, 0.15) is 5.69 Å². The summed E-state index contributed by atoms with van der Waals surface area (Å²) >= 11 is 0. The van der Waals surface area contributed by atoms with Crippen molar-refractivity contribution in [1.29, 1.82) is 0 Å². The van der Waals surface area contributed by atoms with Crippen LogP contribution < -0.4 is 4.90 Å². The molecule has 0 fully saturated rings. The first kappa shape index (κ1) is 17.0. The van der Waals surface area contributed by atoms with E-state index in [1.54, 1.807) is 11.0 Å². The van der Waals surface area contributed by atoms with Crippen molar-refractivity contribution in [2.75, 3.05) is 11.5 Å². The van der Waals surface area contributed by atoms with E-state index in [2.05, 4.69) is 10.2 Å². The number of esters is 1. The third kappa shape index (κ3) is 3.33. The van der Waals surface area contributed by atoms with Crippen LogP contribution in [0.4, 0.5) is 5.69 Å². The number of carbonyl (C=O) groups excluding carboxylic acids is 2. The van der Waals surface area contributed by atoms with Crippen LogP contribution in [0.2, 0.25) is 0 Å². The summed E-state index contributed by atoms with van der Waals surface area (Å²) in [5, 5.41) is 6.80. The fourth-order valence-electron chi connectivity index (χ4n) is 3.40. The summed E-state index contributed by atoms with van der Waals surface area (Å²) in [6.07, 6.45) is 0.802. The van der Waals surface area contributed by atoms with Crippen molar-refractivity contribution in [3.8, 4) is 11.3 Å². The van der Waals surface area contributed by atoms with Crippen molar-refractivity contribution < 1.29 is 14.3 Å². The van der Waals surface area contributed by atoms with Crippen molar-refractivity contribution in [2.24, 2.45) is 0 Å². The van der Waals surface area contributed by atoms with Crippen LogP contribution >= 0.6 is 0 Å². The number of amides is 1. The first-order chi connectivity index (χ1) is 13.1. The Bertz CT molecular complexity index is 981. The minimum Gasteiger partial charge on any atom is -0.451 e. The molecule has 136 valence electrons. The van der Waals surface area contributed by atoms with Crippen molar-refractivity contribution >= 4 is 17.6 Å². The molecule has 27 heavy (non-hydrogen) atoms. The number of hydrogen-bond donors (Lipinski definition) is 1. The normalized spacial score (nSPS) is 15.4. The molecule has 0 saturated carbocycles.